The maximum Gasteiger partial charge on any atom is 0.282 e. The Labute approximate surface area is 191 Å². The molecule has 3 rings (SSSR count). The van der Waals surface area contributed by atoms with Gasteiger partial charge in [0.1, 0.15) is 5.75 Å². The standard InChI is InChI=1S/C22H34N4O5S/c1-3-18-31-20-6-4-19(5-7-20)21(27)8-9-22(28)24-12-16-26(17-13-24)32(29,30)25-14-10-23(2)11-15-25/h4-7H,3,8-18H2,1-2H3. The minimum atomic E-state index is -3.49. The average Bonchev–Trinajstić information content (AvgIpc) is 2.81. The molecule has 2 fully saturated rings. The number of ketones is 1. The minimum Gasteiger partial charge on any atom is -0.494 e. The van der Waals surface area contributed by atoms with E-state index < -0.39 is 10.2 Å². The Morgan fingerprint density at radius 2 is 1.44 bits per heavy atom. The number of rotatable bonds is 9. The summed E-state index contributed by atoms with van der Waals surface area (Å²) in [5.74, 6) is 0.526. The van der Waals surface area contributed by atoms with Gasteiger partial charge in [-0.3, -0.25) is 9.59 Å². The van der Waals surface area contributed by atoms with Crippen molar-refractivity contribution in [2.24, 2.45) is 0 Å². The summed E-state index contributed by atoms with van der Waals surface area (Å²) >= 11 is 0. The maximum atomic E-state index is 12.9. The van der Waals surface area contributed by atoms with E-state index in [2.05, 4.69) is 4.90 Å². The highest BCUT2D eigenvalue weighted by atomic mass is 32.2. The van der Waals surface area contributed by atoms with Gasteiger partial charge in [0.2, 0.25) is 5.91 Å². The van der Waals surface area contributed by atoms with Crippen molar-refractivity contribution in [1.29, 1.82) is 0 Å². The molecule has 2 heterocycles. The number of carbonyl (C=O) groups is 2. The van der Waals surface area contributed by atoms with Crippen molar-refractivity contribution >= 4 is 21.9 Å². The van der Waals surface area contributed by atoms with E-state index in [1.165, 1.54) is 8.61 Å². The molecule has 2 aliphatic heterocycles. The van der Waals surface area contributed by atoms with Gasteiger partial charge in [0.25, 0.3) is 10.2 Å². The Morgan fingerprint density at radius 3 is 2.00 bits per heavy atom. The number of piperazine rings is 2. The molecule has 1 aromatic rings. The van der Waals surface area contributed by atoms with E-state index in [1.54, 1.807) is 29.2 Å². The first-order chi connectivity index (χ1) is 15.3. The van der Waals surface area contributed by atoms with Gasteiger partial charge in [-0.15, -0.1) is 0 Å². The second-order valence-electron chi connectivity index (χ2n) is 8.29. The van der Waals surface area contributed by atoms with Gasteiger partial charge in [0.15, 0.2) is 5.78 Å². The Hall–Kier alpha value is -2.01. The number of hydrogen-bond donors (Lipinski definition) is 0. The van der Waals surface area contributed by atoms with Crippen LogP contribution in [0.4, 0.5) is 0 Å². The minimum absolute atomic E-state index is 0.0864. The van der Waals surface area contributed by atoms with Crippen LogP contribution < -0.4 is 4.74 Å². The molecule has 0 atom stereocenters. The zero-order valence-electron chi connectivity index (χ0n) is 19.0. The summed E-state index contributed by atoms with van der Waals surface area (Å²) in [5, 5.41) is 0. The van der Waals surface area contributed by atoms with Crippen LogP contribution >= 0.6 is 0 Å². The van der Waals surface area contributed by atoms with Crippen LogP contribution in [-0.2, 0) is 15.0 Å². The summed E-state index contributed by atoms with van der Waals surface area (Å²) in [6.45, 7) is 6.36. The van der Waals surface area contributed by atoms with Crippen LogP contribution in [0.1, 0.15) is 36.5 Å². The molecular weight excluding hydrogens is 432 g/mol. The van der Waals surface area contributed by atoms with Crippen molar-refractivity contribution in [3.63, 3.8) is 0 Å². The lowest BCUT2D eigenvalue weighted by molar-refractivity contribution is -0.132. The maximum absolute atomic E-state index is 12.9. The van der Waals surface area contributed by atoms with Crippen molar-refractivity contribution in [3.8, 4) is 5.75 Å². The van der Waals surface area contributed by atoms with Gasteiger partial charge in [-0.1, -0.05) is 6.92 Å². The highest BCUT2D eigenvalue weighted by molar-refractivity contribution is 7.86. The van der Waals surface area contributed by atoms with E-state index in [0.29, 0.717) is 38.3 Å². The molecule has 2 saturated heterocycles. The molecule has 0 saturated carbocycles. The molecule has 0 unspecified atom stereocenters. The number of hydrogen-bond acceptors (Lipinski definition) is 6. The summed E-state index contributed by atoms with van der Waals surface area (Å²) in [5.41, 5.74) is 0.560. The van der Waals surface area contributed by atoms with Gasteiger partial charge in [-0.2, -0.15) is 17.0 Å². The lowest BCUT2D eigenvalue weighted by Crippen LogP contribution is -2.57. The highest BCUT2D eigenvalue weighted by Crippen LogP contribution is 2.17. The average molecular weight is 467 g/mol. The fourth-order valence-corrected chi connectivity index (χ4v) is 5.41. The first kappa shape index (κ1) is 24.6. The van der Waals surface area contributed by atoms with E-state index in [-0.39, 0.29) is 37.6 Å². The molecule has 32 heavy (non-hydrogen) atoms. The Balaban J connectivity index is 1.43. The van der Waals surface area contributed by atoms with Crippen LogP contribution in [0.3, 0.4) is 0 Å². The number of amides is 1. The van der Waals surface area contributed by atoms with Crippen molar-refractivity contribution in [2.45, 2.75) is 26.2 Å². The first-order valence-corrected chi connectivity index (χ1v) is 12.7. The summed E-state index contributed by atoms with van der Waals surface area (Å²) < 4.78 is 34.2. The number of likely N-dealkylation sites (N-methyl/N-ethyl adjacent to an activating group) is 1. The van der Waals surface area contributed by atoms with Crippen LogP contribution in [0, 0.1) is 0 Å². The molecule has 2 aliphatic rings. The fraction of sp³-hybridized carbons (Fsp3) is 0.636. The summed E-state index contributed by atoms with van der Waals surface area (Å²) in [6.07, 6.45) is 1.17. The molecule has 10 heteroatoms. The second-order valence-corrected chi connectivity index (χ2v) is 10.2. The summed E-state index contributed by atoms with van der Waals surface area (Å²) in [6, 6.07) is 6.98. The molecular formula is C22H34N4O5S. The van der Waals surface area contributed by atoms with Gasteiger partial charge in [-0.05, 0) is 37.7 Å². The third kappa shape index (κ3) is 6.28. The molecule has 1 amide bonds. The molecule has 0 N–H and O–H groups in total. The van der Waals surface area contributed by atoms with Crippen LogP contribution in [0.25, 0.3) is 0 Å². The third-order valence-electron chi connectivity index (χ3n) is 5.92. The molecule has 0 spiro atoms. The van der Waals surface area contributed by atoms with Crippen LogP contribution in [0.2, 0.25) is 0 Å². The monoisotopic (exact) mass is 466 g/mol. The first-order valence-electron chi connectivity index (χ1n) is 11.3. The SMILES string of the molecule is CCCOc1ccc(C(=O)CCC(=O)N2CCN(S(=O)(=O)N3CCN(C)CC3)CC2)cc1. The van der Waals surface area contributed by atoms with E-state index >= 15 is 0 Å². The van der Waals surface area contributed by atoms with Gasteiger partial charge in [0.05, 0.1) is 6.61 Å². The number of Topliss-reactive ketones (excluding diaryl/α,β-unsaturated/α-hetero) is 1. The molecule has 1 aromatic carbocycles. The van der Waals surface area contributed by atoms with E-state index in [1.807, 2.05) is 14.0 Å². The summed E-state index contributed by atoms with van der Waals surface area (Å²) in [4.78, 5) is 28.8. The number of ether oxygens (including phenoxy) is 1. The van der Waals surface area contributed by atoms with Gasteiger partial charge < -0.3 is 14.5 Å². The molecule has 178 valence electrons. The predicted octanol–water partition coefficient (Wildman–Crippen LogP) is 1.07. The van der Waals surface area contributed by atoms with E-state index in [0.717, 1.165) is 25.3 Å². The number of nitrogens with zero attached hydrogens (tertiary/aromatic N) is 4. The molecule has 0 aliphatic carbocycles. The topological polar surface area (TPSA) is 90.5 Å². The van der Waals surface area contributed by atoms with Crippen molar-refractivity contribution in [3.05, 3.63) is 29.8 Å². The molecule has 9 nitrogen and oxygen atoms in total. The molecule has 0 radical (unpaired) electrons. The van der Waals surface area contributed by atoms with Gasteiger partial charge in [0, 0.05) is 70.8 Å². The van der Waals surface area contributed by atoms with Crippen LogP contribution in [0.5, 0.6) is 5.75 Å². The van der Waals surface area contributed by atoms with Gasteiger partial charge >= 0.3 is 0 Å². The smallest absolute Gasteiger partial charge is 0.282 e. The lowest BCUT2D eigenvalue weighted by atomic mass is 10.1. The zero-order chi connectivity index (χ0) is 23.1. The number of carbonyl (C=O) groups excluding carboxylic acids is 2. The molecule has 0 bridgehead atoms. The van der Waals surface area contributed by atoms with Crippen molar-refractivity contribution in [2.75, 3.05) is 66.0 Å². The van der Waals surface area contributed by atoms with Crippen molar-refractivity contribution in [1.82, 2.24) is 18.4 Å². The number of benzene rings is 1. The zero-order valence-corrected chi connectivity index (χ0v) is 19.8. The lowest BCUT2D eigenvalue weighted by Gasteiger charge is -2.39. The predicted molar refractivity (Wildman–Crippen MR) is 122 cm³/mol. The van der Waals surface area contributed by atoms with E-state index in [4.69, 9.17) is 4.74 Å². The third-order valence-corrected chi connectivity index (χ3v) is 7.96. The fourth-order valence-electron chi connectivity index (χ4n) is 3.83. The quantitative estimate of drug-likeness (QED) is 0.506. The normalized spacial score (nSPS) is 19.1. The van der Waals surface area contributed by atoms with Crippen LogP contribution in [-0.4, -0.2) is 105 Å². The van der Waals surface area contributed by atoms with E-state index in [9.17, 15) is 18.0 Å². The molecule has 0 aromatic heterocycles. The van der Waals surface area contributed by atoms with Gasteiger partial charge in [-0.25, -0.2) is 0 Å². The largest absolute Gasteiger partial charge is 0.494 e. The van der Waals surface area contributed by atoms with Crippen molar-refractivity contribution < 1.29 is 22.7 Å². The highest BCUT2D eigenvalue weighted by Gasteiger charge is 2.34. The Kier molecular flexibility index (Phi) is 8.64. The second kappa shape index (κ2) is 11.2. The van der Waals surface area contributed by atoms with Crippen LogP contribution in [0.15, 0.2) is 24.3 Å². The Bertz CT molecular complexity index is 874. The Morgan fingerprint density at radius 1 is 0.875 bits per heavy atom. The summed E-state index contributed by atoms with van der Waals surface area (Å²) in [7, 11) is -1.51.